The summed E-state index contributed by atoms with van der Waals surface area (Å²) in [5, 5.41) is 3.38. The second-order valence-corrected chi connectivity index (χ2v) is 14.6. The van der Waals surface area contributed by atoms with Crippen molar-refractivity contribution < 1.29 is 0 Å². The molecule has 0 amide bonds. The summed E-state index contributed by atoms with van der Waals surface area (Å²) in [5.74, 6) is 0.999. The highest BCUT2D eigenvalue weighted by molar-refractivity contribution is 6.11. The van der Waals surface area contributed by atoms with E-state index in [4.69, 9.17) is 9.97 Å². The molecule has 0 radical (unpaired) electrons. The molecule has 1 aliphatic rings. The van der Waals surface area contributed by atoms with Gasteiger partial charge in [0.15, 0.2) is 0 Å². The van der Waals surface area contributed by atoms with Crippen molar-refractivity contribution in [1.29, 1.82) is 0 Å². The number of hydrogen-bond donors (Lipinski definition) is 0. The Kier molecular flexibility index (Phi) is 7.31. The third-order valence-corrected chi connectivity index (χ3v) is 11.4. The van der Waals surface area contributed by atoms with Crippen LogP contribution in [0.4, 0.5) is 0 Å². The van der Waals surface area contributed by atoms with Gasteiger partial charge in [0.25, 0.3) is 0 Å². The van der Waals surface area contributed by atoms with Crippen LogP contribution in [-0.4, -0.2) is 14.5 Å². The van der Waals surface area contributed by atoms with Gasteiger partial charge in [0.2, 0.25) is 5.95 Å². The Morgan fingerprint density at radius 1 is 0.400 bits per heavy atom. The van der Waals surface area contributed by atoms with E-state index in [1.807, 2.05) is 6.07 Å². The van der Waals surface area contributed by atoms with Gasteiger partial charge in [-0.05, 0) is 92.9 Å². The predicted molar refractivity (Wildman–Crippen MR) is 228 cm³/mol. The average Bonchev–Trinajstić information content (AvgIpc) is 3.75. The van der Waals surface area contributed by atoms with E-state index < -0.39 is 0 Å². The Balaban J connectivity index is 1.11. The Labute approximate surface area is 319 Å². The number of rotatable bonds is 6. The van der Waals surface area contributed by atoms with Gasteiger partial charge in [0, 0.05) is 27.6 Å². The Morgan fingerprint density at radius 2 is 0.964 bits per heavy atom. The van der Waals surface area contributed by atoms with Crippen LogP contribution in [-0.2, 0) is 6.42 Å². The number of benzene rings is 8. The topological polar surface area (TPSA) is 30.7 Å². The van der Waals surface area contributed by atoms with Gasteiger partial charge in [-0.2, -0.15) is 0 Å². The van der Waals surface area contributed by atoms with E-state index in [1.54, 1.807) is 0 Å². The Hall–Kier alpha value is -7.10. The SMILES string of the molecule is c1ccc(CC2c3ccccc3-c3cc(-c4ccc5c(c4)c4cc(-c6ccccc6)ccc4n5-c4nc(-c5ccccc5)c5ccccc5n4)ccc32)cc1. The van der Waals surface area contributed by atoms with E-state index in [0.717, 1.165) is 39.6 Å². The van der Waals surface area contributed by atoms with Crippen LogP contribution in [0.25, 0.3) is 83.3 Å². The highest BCUT2D eigenvalue weighted by Gasteiger charge is 2.29. The monoisotopic (exact) mass is 701 g/mol. The smallest absolute Gasteiger partial charge is 0.235 e. The third-order valence-electron chi connectivity index (χ3n) is 11.4. The first-order valence-electron chi connectivity index (χ1n) is 19.0. The largest absolute Gasteiger partial charge is 0.278 e. The van der Waals surface area contributed by atoms with Crippen LogP contribution in [0.5, 0.6) is 0 Å². The summed E-state index contributed by atoms with van der Waals surface area (Å²) in [7, 11) is 0. The molecule has 8 aromatic carbocycles. The normalized spacial score (nSPS) is 13.3. The van der Waals surface area contributed by atoms with Gasteiger partial charge in [-0.25, -0.2) is 9.97 Å². The van der Waals surface area contributed by atoms with Crippen LogP contribution >= 0.6 is 0 Å². The molecule has 11 rings (SSSR count). The van der Waals surface area contributed by atoms with Crippen LogP contribution in [0.1, 0.15) is 22.6 Å². The van der Waals surface area contributed by atoms with E-state index in [9.17, 15) is 0 Å². The molecule has 2 aromatic heterocycles. The van der Waals surface area contributed by atoms with Gasteiger partial charge >= 0.3 is 0 Å². The Morgan fingerprint density at radius 3 is 1.71 bits per heavy atom. The molecule has 1 atom stereocenters. The first kappa shape index (κ1) is 31.4. The zero-order chi connectivity index (χ0) is 36.3. The van der Waals surface area contributed by atoms with Gasteiger partial charge < -0.3 is 0 Å². The van der Waals surface area contributed by atoms with Gasteiger partial charge in [-0.1, -0.05) is 158 Å². The van der Waals surface area contributed by atoms with Crippen LogP contribution in [0.15, 0.2) is 194 Å². The molecule has 258 valence electrons. The van der Waals surface area contributed by atoms with E-state index in [0.29, 0.717) is 11.9 Å². The summed E-state index contributed by atoms with van der Waals surface area (Å²) in [4.78, 5) is 10.5. The summed E-state index contributed by atoms with van der Waals surface area (Å²) >= 11 is 0. The molecular weight excluding hydrogens is 667 g/mol. The maximum atomic E-state index is 5.32. The fourth-order valence-corrected chi connectivity index (χ4v) is 8.77. The number of hydrogen-bond acceptors (Lipinski definition) is 2. The van der Waals surface area contributed by atoms with Crippen molar-refractivity contribution >= 4 is 32.7 Å². The van der Waals surface area contributed by atoms with Crippen molar-refractivity contribution in [2.45, 2.75) is 12.3 Å². The summed E-state index contributed by atoms with van der Waals surface area (Å²) in [6.45, 7) is 0. The fourth-order valence-electron chi connectivity index (χ4n) is 8.77. The minimum absolute atomic E-state index is 0.335. The summed E-state index contributed by atoms with van der Waals surface area (Å²) in [6.07, 6.45) is 0.988. The fraction of sp³-hybridized carbons (Fsp3) is 0.0385. The van der Waals surface area contributed by atoms with Crippen molar-refractivity contribution in [2.24, 2.45) is 0 Å². The lowest BCUT2D eigenvalue weighted by Gasteiger charge is -2.14. The molecule has 2 heterocycles. The van der Waals surface area contributed by atoms with Crippen molar-refractivity contribution in [3.63, 3.8) is 0 Å². The molecule has 1 unspecified atom stereocenters. The van der Waals surface area contributed by atoms with Crippen LogP contribution in [0.2, 0.25) is 0 Å². The predicted octanol–water partition coefficient (Wildman–Crippen LogP) is 13.1. The molecule has 10 aromatic rings. The second kappa shape index (κ2) is 12.8. The van der Waals surface area contributed by atoms with Crippen LogP contribution in [0, 0.1) is 0 Å². The Bertz CT molecular complexity index is 3050. The molecular formula is C52H35N3. The minimum atomic E-state index is 0.335. The molecule has 0 saturated carbocycles. The lowest BCUT2D eigenvalue weighted by molar-refractivity contribution is 0.827. The minimum Gasteiger partial charge on any atom is -0.278 e. The lowest BCUT2D eigenvalue weighted by Crippen LogP contribution is -2.03. The molecule has 3 heteroatoms. The molecule has 3 nitrogen and oxygen atoms in total. The maximum absolute atomic E-state index is 5.32. The molecule has 0 saturated heterocycles. The average molecular weight is 702 g/mol. The van der Waals surface area contributed by atoms with Gasteiger partial charge in [0.1, 0.15) is 0 Å². The zero-order valence-electron chi connectivity index (χ0n) is 30.1. The highest BCUT2D eigenvalue weighted by atomic mass is 15.2. The van der Waals surface area contributed by atoms with Gasteiger partial charge in [-0.3, -0.25) is 4.57 Å². The highest BCUT2D eigenvalue weighted by Crippen LogP contribution is 2.48. The van der Waals surface area contributed by atoms with Crippen molar-refractivity contribution in [3.8, 4) is 50.6 Å². The summed E-state index contributed by atoms with van der Waals surface area (Å²) in [5.41, 5.74) is 16.7. The number of aromatic nitrogens is 3. The number of para-hydroxylation sites is 1. The first-order chi connectivity index (χ1) is 27.3. The van der Waals surface area contributed by atoms with E-state index in [2.05, 4.69) is 193 Å². The number of nitrogens with zero attached hydrogens (tertiary/aromatic N) is 3. The van der Waals surface area contributed by atoms with E-state index in [1.165, 1.54) is 60.8 Å². The third kappa shape index (κ3) is 5.27. The molecule has 0 fully saturated rings. The molecule has 0 N–H and O–H groups in total. The van der Waals surface area contributed by atoms with Crippen LogP contribution in [0.3, 0.4) is 0 Å². The lowest BCUT2D eigenvalue weighted by atomic mass is 9.89. The zero-order valence-corrected chi connectivity index (χ0v) is 30.1. The maximum Gasteiger partial charge on any atom is 0.235 e. The van der Waals surface area contributed by atoms with Crippen molar-refractivity contribution in [2.75, 3.05) is 0 Å². The van der Waals surface area contributed by atoms with Crippen molar-refractivity contribution in [1.82, 2.24) is 14.5 Å². The number of fused-ring (bicyclic) bond motifs is 7. The van der Waals surface area contributed by atoms with E-state index >= 15 is 0 Å². The molecule has 0 aliphatic heterocycles. The van der Waals surface area contributed by atoms with Crippen LogP contribution < -0.4 is 0 Å². The quantitative estimate of drug-likeness (QED) is 0.173. The molecule has 55 heavy (non-hydrogen) atoms. The van der Waals surface area contributed by atoms with Crippen molar-refractivity contribution in [3.05, 3.63) is 211 Å². The molecule has 0 bridgehead atoms. The van der Waals surface area contributed by atoms with Gasteiger partial charge in [-0.15, -0.1) is 0 Å². The standard InChI is InChI=1S/C52H35N3/c1-4-14-34(15-5-1)30-44-40-20-10-11-21-41(40)45-31-38(24-27-42(44)45)39-26-29-50-47(33-39)46-32-37(35-16-6-2-7-17-35)25-28-49(46)55(50)52-53-48-23-13-12-22-43(48)51(54-52)36-18-8-3-9-19-36/h1-29,31-33,44H,30H2. The summed E-state index contributed by atoms with van der Waals surface area (Å²) < 4.78 is 2.25. The van der Waals surface area contributed by atoms with E-state index in [-0.39, 0.29) is 0 Å². The van der Waals surface area contributed by atoms with Gasteiger partial charge in [0.05, 0.1) is 22.2 Å². The second-order valence-electron chi connectivity index (χ2n) is 14.6. The first-order valence-corrected chi connectivity index (χ1v) is 19.0. The molecule has 0 spiro atoms. The molecule has 1 aliphatic carbocycles. The summed E-state index contributed by atoms with van der Waals surface area (Å²) in [6, 6.07) is 70.0.